The van der Waals surface area contributed by atoms with E-state index in [0.29, 0.717) is 28.1 Å². The van der Waals surface area contributed by atoms with Crippen molar-refractivity contribution in [2.24, 2.45) is 11.7 Å². The molecule has 1 fully saturated rings. The highest BCUT2D eigenvalue weighted by molar-refractivity contribution is 6.35. The molecule has 0 aliphatic carbocycles. The molecule has 1 aromatic rings. The molecule has 0 saturated carbocycles. The van der Waals surface area contributed by atoms with E-state index >= 15 is 0 Å². The molecule has 2 N–H and O–H groups in total. The van der Waals surface area contributed by atoms with Gasteiger partial charge in [-0.05, 0) is 37.5 Å². The molecule has 106 valence electrons. The van der Waals surface area contributed by atoms with Crippen molar-refractivity contribution in [2.45, 2.75) is 19.4 Å². The molecule has 0 aromatic heterocycles. The van der Waals surface area contributed by atoms with Crippen molar-refractivity contribution >= 4 is 41.5 Å². The minimum absolute atomic E-state index is 0. The van der Waals surface area contributed by atoms with Crippen LogP contribution in [0.3, 0.4) is 0 Å². The second-order valence-corrected chi connectivity index (χ2v) is 5.69. The lowest BCUT2D eigenvalue weighted by Gasteiger charge is -2.18. The smallest absolute Gasteiger partial charge is 0.253 e. The van der Waals surface area contributed by atoms with Crippen LogP contribution in [-0.4, -0.2) is 29.9 Å². The zero-order chi connectivity index (χ0) is 13.3. The molecule has 2 atom stereocenters. The average Bonchev–Trinajstić information content (AvgIpc) is 2.75. The number of nitrogens with zero attached hydrogens (tertiary/aromatic N) is 1. The third-order valence-corrected chi connectivity index (χ3v) is 3.80. The van der Waals surface area contributed by atoms with E-state index in [-0.39, 0.29) is 24.4 Å². The molecule has 0 radical (unpaired) electrons. The molecule has 19 heavy (non-hydrogen) atoms. The molecular weight excluding hydrogens is 307 g/mol. The number of rotatable bonds is 2. The Morgan fingerprint density at radius 2 is 1.95 bits per heavy atom. The molecule has 1 aliphatic rings. The van der Waals surface area contributed by atoms with E-state index in [0.717, 1.165) is 13.0 Å². The van der Waals surface area contributed by atoms with Crippen LogP contribution in [0.5, 0.6) is 0 Å². The van der Waals surface area contributed by atoms with Gasteiger partial charge >= 0.3 is 0 Å². The van der Waals surface area contributed by atoms with Crippen LogP contribution in [-0.2, 0) is 0 Å². The van der Waals surface area contributed by atoms with Gasteiger partial charge in [-0.15, -0.1) is 12.4 Å². The van der Waals surface area contributed by atoms with Crippen molar-refractivity contribution < 1.29 is 4.79 Å². The summed E-state index contributed by atoms with van der Waals surface area (Å²) in [4.78, 5) is 14.1. The molecule has 2 rings (SSSR count). The lowest BCUT2D eigenvalue weighted by molar-refractivity contribution is 0.0786. The molecule has 3 nitrogen and oxygen atoms in total. The molecular formula is C13H17Cl3N2O. The van der Waals surface area contributed by atoms with Crippen LogP contribution >= 0.6 is 35.6 Å². The van der Waals surface area contributed by atoms with Gasteiger partial charge in [0.25, 0.3) is 5.91 Å². The lowest BCUT2D eigenvalue weighted by Crippen LogP contribution is -2.33. The molecule has 2 unspecified atom stereocenters. The molecule has 6 heteroatoms. The summed E-state index contributed by atoms with van der Waals surface area (Å²) in [5, 5.41) is 0.961. The van der Waals surface area contributed by atoms with E-state index in [1.165, 1.54) is 0 Å². The first-order chi connectivity index (χ1) is 8.47. The largest absolute Gasteiger partial charge is 0.338 e. The highest BCUT2D eigenvalue weighted by Crippen LogP contribution is 2.24. The summed E-state index contributed by atoms with van der Waals surface area (Å²) in [5.74, 6) is 0.353. The van der Waals surface area contributed by atoms with Crippen LogP contribution in [0, 0.1) is 5.92 Å². The predicted octanol–water partition coefficient (Wildman–Crippen LogP) is 3.22. The highest BCUT2D eigenvalue weighted by atomic mass is 35.5. The monoisotopic (exact) mass is 322 g/mol. The first-order valence-corrected chi connectivity index (χ1v) is 6.74. The zero-order valence-corrected chi connectivity index (χ0v) is 12.9. The molecule has 1 amide bonds. The van der Waals surface area contributed by atoms with Crippen molar-refractivity contribution in [3.05, 3.63) is 33.8 Å². The Hall–Kier alpha value is -0.480. The maximum atomic E-state index is 12.3. The van der Waals surface area contributed by atoms with Crippen LogP contribution in [0.4, 0.5) is 0 Å². The van der Waals surface area contributed by atoms with E-state index < -0.39 is 0 Å². The minimum Gasteiger partial charge on any atom is -0.338 e. The average molecular weight is 324 g/mol. The van der Waals surface area contributed by atoms with Crippen molar-refractivity contribution in [3.63, 3.8) is 0 Å². The van der Waals surface area contributed by atoms with E-state index in [4.69, 9.17) is 28.9 Å². The maximum absolute atomic E-state index is 12.3. The summed E-state index contributed by atoms with van der Waals surface area (Å²) in [6.45, 7) is 3.44. The fraction of sp³-hybridized carbons (Fsp3) is 0.462. The van der Waals surface area contributed by atoms with Crippen LogP contribution < -0.4 is 5.73 Å². The summed E-state index contributed by atoms with van der Waals surface area (Å²) < 4.78 is 0. The first kappa shape index (κ1) is 16.6. The number of carbonyl (C=O) groups is 1. The van der Waals surface area contributed by atoms with Gasteiger partial charge in [-0.2, -0.15) is 0 Å². The second-order valence-electron chi connectivity index (χ2n) is 4.82. The predicted molar refractivity (Wildman–Crippen MR) is 81.4 cm³/mol. The van der Waals surface area contributed by atoms with E-state index in [2.05, 4.69) is 0 Å². The summed E-state index contributed by atoms with van der Waals surface area (Å²) in [7, 11) is 0. The van der Waals surface area contributed by atoms with Gasteiger partial charge in [0.1, 0.15) is 0 Å². The third-order valence-electron chi connectivity index (χ3n) is 3.36. The number of nitrogens with two attached hydrogens (primary N) is 1. The number of amides is 1. The zero-order valence-electron chi connectivity index (χ0n) is 10.6. The fourth-order valence-electron chi connectivity index (χ4n) is 2.26. The topological polar surface area (TPSA) is 46.3 Å². The highest BCUT2D eigenvalue weighted by Gasteiger charge is 2.29. The van der Waals surface area contributed by atoms with E-state index in [9.17, 15) is 4.79 Å². The quantitative estimate of drug-likeness (QED) is 0.908. The van der Waals surface area contributed by atoms with E-state index in [1.807, 2.05) is 11.8 Å². The Kier molecular flexibility index (Phi) is 5.93. The molecule has 1 heterocycles. The first-order valence-electron chi connectivity index (χ1n) is 5.98. The third kappa shape index (κ3) is 3.99. The van der Waals surface area contributed by atoms with Gasteiger partial charge in [-0.25, -0.2) is 0 Å². The number of hydrogen-bond donors (Lipinski definition) is 1. The number of benzene rings is 1. The Morgan fingerprint density at radius 1 is 1.37 bits per heavy atom. The summed E-state index contributed by atoms with van der Waals surface area (Å²) in [5.41, 5.74) is 6.41. The fourth-order valence-corrected chi connectivity index (χ4v) is 2.79. The van der Waals surface area contributed by atoms with Gasteiger partial charge in [0, 0.05) is 34.7 Å². The Labute approximate surface area is 129 Å². The number of hydrogen-bond acceptors (Lipinski definition) is 2. The molecule has 0 bridgehead atoms. The normalized spacial score (nSPS) is 20.0. The Morgan fingerprint density at radius 3 is 2.42 bits per heavy atom. The van der Waals surface area contributed by atoms with Crippen LogP contribution in [0.15, 0.2) is 18.2 Å². The molecule has 0 spiro atoms. The van der Waals surface area contributed by atoms with Crippen molar-refractivity contribution in [2.75, 3.05) is 13.1 Å². The van der Waals surface area contributed by atoms with E-state index in [1.54, 1.807) is 18.2 Å². The van der Waals surface area contributed by atoms with Gasteiger partial charge in [0.15, 0.2) is 0 Å². The lowest BCUT2D eigenvalue weighted by atomic mass is 10.0. The van der Waals surface area contributed by atoms with Gasteiger partial charge < -0.3 is 10.6 Å². The second kappa shape index (κ2) is 6.80. The Bertz CT molecular complexity index is 445. The van der Waals surface area contributed by atoms with Crippen molar-refractivity contribution in [3.8, 4) is 0 Å². The minimum atomic E-state index is -0.0254. The standard InChI is InChI=1S/C13H16Cl2N2O.ClH/c1-8(16)9-2-3-17(7-9)13(18)10-4-11(14)6-12(15)5-10;/h4-6,8-9H,2-3,7,16H2,1H3;1H. The summed E-state index contributed by atoms with van der Waals surface area (Å²) in [6.07, 6.45) is 0.956. The SMILES string of the molecule is CC(N)C1CCN(C(=O)c2cc(Cl)cc(Cl)c2)C1.Cl. The summed E-state index contributed by atoms with van der Waals surface area (Å²) in [6, 6.07) is 5.03. The van der Waals surface area contributed by atoms with Gasteiger partial charge in [-0.1, -0.05) is 23.2 Å². The molecule has 1 aliphatic heterocycles. The van der Waals surface area contributed by atoms with Gasteiger partial charge in [0.05, 0.1) is 0 Å². The number of halogens is 3. The van der Waals surface area contributed by atoms with Crippen LogP contribution in [0.25, 0.3) is 0 Å². The van der Waals surface area contributed by atoms with Crippen molar-refractivity contribution in [1.29, 1.82) is 0 Å². The summed E-state index contributed by atoms with van der Waals surface area (Å²) >= 11 is 11.8. The Balaban J connectivity index is 0.00000180. The van der Waals surface area contributed by atoms with Crippen LogP contribution in [0.1, 0.15) is 23.7 Å². The van der Waals surface area contributed by atoms with Crippen LogP contribution in [0.2, 0.25) is 10.0 Å². The molecule has 1 aromatic carbocycles. The number of likely N-dealkylation sites (tertiary alicyclic amines) is 1. The number of carbonyl (C=O) groups excluding carboxylic acids is 1. The van der Waals surface area contributed by atoms with Crippen molar-refractivity contribution in [1.82, 2.24) is 4.90 Å². The maximum Gasteiger partial charge on any atom is 0.253 e. The molecule has 1 saturated heterocycles. The van der Waals surface area contributed by atoms with Gasteiger partial charge in [0.2, 0.25) is 0 Å². The van der Waals surface area contributed by atoms with Gasteiger partial charge in [-0.3, -0.25) is 4.79 Å².